The van der Waals surface area contributed by atoms with Gasteiger partial charge in [-0.1, -0.05) is 44.7 Å². The van der Waals surface area contributed by atoms with Crippen molar-refractivity contribution in [3.63, 3.8) is 0 Å². The number of amides is 1. The summed E-state index contributed by atoms with van der Waals surface area (Å²) in [6.07, 6.45) is -1.08. The molecule has 0 bridgehead atoms. The highest BCUT2D eigenvalue weighted by Crippen LogP contribution is 2.33. The molecule has 0 fully saturated rings. The van der Waals surface area contributed by atoms with Crippen LogP contribution in [0, 0.1) is 0 Å². The highest BCUT2D eigenvalue weighted by molar-refractivity contribution is 5.86. The Hall–Kier alpha value is -2.90. The van der Waals surface area contributed by atoms with E-state index >= 15 is 0 Å². The molecule has 0 aliphatic carbocycles. The van der Waals surface area contributed by atoms with Gasteiger partial charge in [0.05, 0.1) is 6.61 Å². The number of ether oxygens (including phenoxy) is 2. The van der Waals surface area contributed by atoms with Crippen molar-refractivity contribution in [1.82, 2.24) is 5.32 Å². The Morgan fingerprint density at radius 3 is 2.00 bits per heavy atom. The summed E-state index contributed by atoms with van der Waals surface area (Å²) in [5, 5.41) is 21.1. The molecule has 0 radical (unpaired) electrons. The summed E-state index contributed by atoms with van der Waals surface area (Å²) in [7, 11) is 0. The van der Waals surface area contributed by atoms with Crippen molar-refractivity contribution in [1.29, 1.82) is 0 Å². The van der Waals surface area contributed by atoms with Gasteiger partial charge in [-0.25, -0.2) is 4.39 Å². The zero-order valence-electron chi connectivity index (χ0n) is 17.9. The second-order valence-corrected chi connectivity index (χ2v) is 7.68. The van der Waals surface area contributed by atoms with Crippen molar-refractivity contribution in [3.8, 4) is 11.5 Å². The number of benzene rings is 2. The Morgan fingerprint density at radius 2 is 1.55 bits per heavy atom. The summed E-state index contributed by atoms with van der Waals surface area (Å²) in [6, 6.07) is 15.0. The number of aliphatic hydroxyl groups excluding tert-OH is 2. The number of halogens is 1. The Labute approximate surface area is 182 Å². The topological polar surface area (TPSA) is 88.0 Å². The van der Waals surface area contributed by atoms with Gasteiger partial charge < -0.3 is 25.0 Å². The lowest BCUT2D eigenvalue weighted by Crippen LogP contribution is -2.34. The van der Waals surface area contributed by atoms with Gasteiger partial charge in [-0.3, -0.25) is 4.79 Å². The molecular weight excluding hydrogens is 401 g/mol. The zero-order valence-corrected chi connectivity index (χ0v) is 17.9. The predicted molar refractivity (Wildman–Crippen MR) is 117 cm³/mol. The number of hydrogen-bond donors (Lipinski definition) is 3. The van der Waals surface area contributed by atoms with Crippen LogP contribution in [0.5, 0.6) is 11.5 Å². The SMILES string of the molecule is C=CC(=O)NCC(O)COc1ccc(C(C)(C)c2ccc(OCC(F)CO)cc2)cc1. The lowest BCUT2D eigenvalue weighted by Gasteiger charge is -2.26. The summed E-state index contributed by atoms with van der Waals surface area (Å²) >= 11 is 0. The third kappa shape index (κ3) is 7.38. The first-order valence-corrected chi connectivity index (χ1v) is 10.1. The molecule has 0 heterocycles. The smallest absolute Gasteiger partial charge is 0.243 e. The maximum Gasteiger partial charge on any atom is 0.243 e. The van der Waals surface area contributed by atoms with Crippen molar-refractivity contribution >= 4 is 5.91 Å². The fraction of sp³-hybridized carbons (Fsp3) is 0.375. The van der Waals surface area contributed by atoms with E-state index in [4.69, 9.17) is 14.6 Å². The highest BCUT2D eigenvalue weighted by atomic mass is 19.1. The van der Waals surface area contributed by atoms with Crippen LogP contribution in [0.25, 0.3) is 0 Å². The number of carbonyl (C=O) groups is 1. The molecule has 0 saturated heterocycles. The maximum absolute atomic E-state index is 13.1. The summed E-state index contributed by atoms with van der Waals surface area (Å²) in [5.74, 6) is 0.811. The van der Waals surface area contributed by atoms with Gasteiger partial charge in [-0.15, -0.1) is 0 Å². The van der Waals surface area contributed by atoms with Gasteiger partial charge in [-0.2, -0.15) is 0 Å². The van der Waals surface area contributed by atoms with Crippen LogP contribution in [0.2, 0.25) is 0 Å². The Bertz CT molecular complexity index is 836. The van der Waals surface area contributed by atoms with Gasteiger partial charge in [0, 0.05) is 12.0 Å². The van der Waals surface area contributed by atoms with E-state index in [1.165, 1.54) is 0 Å². The van der Waals surface area contributed by atoms with Crippen molar-refractivity contribution in [2.24, 2.45) is 0 Å². The molecule has 2 atom stereocenters. The molecule has 0 aromatic heterocycles. The van der Waals surface area contributed by atoms with Crippen LogP contribution < -0.4 is 14.8 Å². The molecule has 7 heteroatoms. The monoisotopic (exact) mass is 431 g/mol. The van der Waals surface area contributed by atoms with Crippen LogP contribution in [0.1, 0.15) is 25.0 Å². The van der Waals surface area contributed by atoms with Crippen LogP contribution in [-0.2, 0) is 10.2 Å². The molecule has 3 N–H and O–H groups in total. The first-order valence-electron chi connectivity index (χ1n) is 10.1. The molecular formula is C24H30FNO5. The van der Waals surface area contributed by atoms with E-state index in [1.807, 2.05) is 36.4 Å². The number of rotatable bonds is 12. The van der Waals surface area contributed by atoms with Gasteiger partial charge in [0.25, 0.3) is 0 Å². The second-order valence-electron chi connectivity index (χ2n) is 7.68. The van der Waals surface area contributed by atoms with Crippen LogP contribution in [0.4, 0.5) is 4.39 Å². The Kier molecular flexibility index (Phi) is 9.03. The molecule has 2 rings (SSSR count). The lowest BCUT2D eigenvalue weighted by molar-refractivity contribution is -0.117. The van der Waals surface area contributed by atoms with Crippen molar-refractivity contribution in [2.45, 2.75) is 31.5 Å². The van der Waals surface area contributed by atoms with Gasteiger partial charge in [0.2, 0.25) is 5.91 Å². The van der Waals surface area contributed by atoms with E-state index in [-0.39, 0.29) is 31.1 Å². The molecule has 0 aliphatic heterocycles. The largest absolute Gasteiger partial charge is 0.491 e. The number of aliphatic hydroxyl groups is 2. The molecule has 0 spiro atoms. The minimum absolute atomic E-state index is 0.0532. The fourth-order valence-corrected chi connectivity index (χ4v) is 2.88. The molecule has 168 valence electrons. The van der Waals surface area contributed by atoms with E-state index in [0.717, 1.165) is 17.2 Å². The van der Waals surface area contributed by atoms with Gasteiger partial charge in [0.1, 0.15) is 30.8 Å². The zero-order chi connectivity index (χ0) is 22.9. The number of hydrogen-bond acceptors (Lipinski definition) is 5. The molecule has 6 nitrogen and oxygen atoms in total. The lowest BCUT2D eigenvalue weighted by atomic mass is 9.78. The summed E-state index contributed by atoms with van der Waals surface area (Å²) in [5.41, 5.74) is 1.83. The van der Waals surface area contributed by atoms with Crippen molar-refractivity contribution < 1.29 is 28.9 Å². The molecule has 0 aliphatic rings. The van der Waals surface area contributed by atoms with Gasteiger partial charge in [0.15, 0.2) is 6.17 Å². The quantitative estimate of drug-likeness (QED) is 0.450. The van der Waals surface area contributed by atoms with Crippen LogP contribution >= 0.6 is 0 Å². The van der Waals surface area contributed by atoms with Gasteiger partial charge >= 0.3 is 0 Å². The predicted octanol–water partition coefficient (Wildman–Crippen LogP) is 2.76. The van der Waals surface area contributed by atoms with Gasteiger partial charge in [-0.05, 0) is 41.5 Å². The molecule has 31 heavy (non-hydrogen) atoms. The van der Waals surface area contributed by atoms with E-state index in [9.17, 15) is 14.3 Å². The molecule has 0 saturated carbocycles. The maximum atomic E-state index is 13.1. The Morgan fingerprint density at radius 1 is 1.06 bits per heavy atom. The minimum atomic E-state index is -1.40. The van der Waals surface area contributed by atoms with E-state index in [2.05, 4.69) is 25.7 Å². The summed E-state index contributed by atoms with van der Waals surface area (Å²) < 4.78 is 24.0. The fourth-order valence-electron chi connectivity index (χ4n) is 2.88. The first-order chi connectivity index (χ1) is 14.8. The summed E-state index contributed by atoms with van der Waals surface area (Å²) in [6.45, 7) is 6.93. The molecule has 2 unspecified atom stereocenters. The second kappa shape index (κ2) is 11.5. The van der Waals surface area contributed by atoms with Crippen LogP contribution in [0.15, 0.2) is 61.2 Å². The number of nitrogens with one attached hydrogen (secondary N) is 1. The third-order valence-electron chi connectivity index (χ3n) is 4.92. The van der Waals surface area contributed by atoms with E-state index < -0.39 is 18.9 Å². The van der Waals surface area contributed by atoms with Crippen LogP contribution in [-0.4, -0.2) is 54.8 Å². The van der Waals surface area contributed by atoms with E-state index in [0.29, 0.717) is 11.5 Å². The first kappa shape index (κ1) is 24.4. The summed E-state index contributed by atoms with van der Waals surface area (Å²) in [4.78, 5) is 11.1. The standard InChI is InChI=1S/C24H30FNO5/c1-4-23(29)26-13-20(28)16-31-22-11-7-18(8-12-22)24(2,3)17-5-9-21(10-6-17)30-15-19(25)14-27/h4-12,19-20,27-28H,1,13-16H2,2-3H3,(H,26,29). The Balaban J connectivity index is 1.94. The van der Waals surface area contributed by atoms with Crippen molar-refractivity contribution in [3.05, 3.63) is 72.3 Å². The van der Waals surface area contributed by atoms with Crippen molar-refractivity contribution in [2.75, 3.05) is 26.4 Å². The van der Waals surface area contributed by atoms with Crippen LogP contribution in [0.3, 0.4) is 0 Å². The highest BCUT2D eigenvalue weighted by Gasteiger charge is 2.23. The minimum Gasteiger partial charge on any atom is -0.491 e. The number of carbonyl (C=O) groups excluding carboxylic acids is 1. The third-order valence-corrected chi connectivity index (χ3v) is 4.92. The normalized spacial score (nSPS) is 13.2. The average molecular weight is 432 g/mol. The molecule has 1 amide bonds. The number of alkyl halides is 1. The molecule has 2 aromatic carbocycles. The van der Waals surface area contributed by atoms with E-state index in [1.54, 1.807) is 12.1 Å². The average Bonchev–Trinajstić information content (AvgIpc) is 2.80. The molecule has 2 aromatic rings.